The summed E-state index contributed by atoms with van der Waals surface area (Å²) < 4.78 is 0. The maximum atomic E-state index is 12.8. The van der Waals surface area contributed by atoms with Crippen molar-refractivity contribution in [1.29, 1.82) is 0 Å². The highest BCUT2D eigenvalue weighted by atomic mass is 16.2. The van der Waals surface area contributed by atoms with Gasteiger partial charge in [-0.15, -0.1) is 0 Å². The summed E-state index contributed by atoms with van der Waals surface area (Å²) in [6.07, 6.45) is 14.1. The van der Waals surface area contributed by atoms with Gasteiger partial charge in [-0.3, -0.25) is 4.79 Å². The number of hydrogen-bond acceptors (Lipinski definition) is 2. The first-order valence-corrected chi connectivity index (χ1v) is 13.5. The van der Waals surface area contributed by atoms with Gasteiger partial charge >= 0.3 is 0 Å². The van der Waals surface area contributed by atoms with Gasteiger partial charge in [-0.1, -0.05) is 63.8 Å². The fourth-order valence-corrected chi connectivity index (χ4v) is 7.87. The minimum atomic E-state index is 0.0598. The van der Waals surface area contributed by atoms with Gasteiger partial charge in [0.15, 0.2) is 0 Å². The maximum absolute atomic E-state index is 12.8. The number of carbonyl (C=O) groups is 1. The number of rotatable bonds is 4. The van der Waals surface area contributed by atoms with Crippen LogP contribution in [0, 0.1) is 23.7 Å². The molecule has 1 saturated heterocycles. The van der Waals surface area contributed by atoms with E-state index in [1.807, 2.05) is 25.8 Å². The quantitative estimate of drug-likeness (QED) is 0.562. The predicted molar refractivity (Wildman–Crippen MR) is 132 cm³/mol. The van der Waals surface area contributed by atoms with E-state index in [0.717, 1.165) is 24.2 Å². The fraction of sp³-hybridized carbons (Fsp3) is 0.759. The van der Waals surface area contributed by atoms with Crippen molar-refractivity contribution in [2.45, 2.75) is 89.5 Å². The average molecular weight is 437 g/mol. The summed E-state index contributed by atoms with van der Waals surface area (Å²) in [5.41, 5.74) is 3.22. The molecule has 1 aliphatic heterocycles. The van der Waals surface area contributed by atoms with Crippen LogP contribution in [-0.2, 0) is 10.2 Å². The van der Waals surface area contributed by atoms with E-state index in [1.54, 1.807) is 0 Å². The molecule has 2 saturated carbocycles. The van der Waals surface area contributed by atoms with Crippen LogP contribution >= 0.6 is 0 Å². The summed E-state index contributed by atoms with van der Waals surface area (Å²) in [6.45, 7) is 7.83. The van der Waals surface area contributed by atoms with Crippen molar-refractivity contribution in [2.75, 3.05) is 26.7 Å². The molecule has 0 aromatic heterocycles. The molecule has 3 aliphatic carbocycles. The zero-order valence-corrected chi connectivity index (χ0v) is 20.7. The Hall–Kier alpha value is -1.35. The average Bonchev–Trinajstić information content (AvgIpc) is 3.04. The summed E-state index contributed by atoms with van der Waals surface area (Å²) in [5.74, 6) is 3.33. The molecule has 0 N–H and O–H groups in total. The van der Waals surface area contributed by atoms with E-state index in [0.29, 0.717) is 0 Å². The summed E-state index contributed by atoms with van der Waals surface area (Å²) in [5, 5.41) is 0. The minimum absolute atomic E-state index is 0.0598. The van der Waals surface area contributed by atoms with Gasteiger partial charge in [-0.05, 0) is 80.5 Å². The molecule has 1 aromatic rings. The molecule has 4 aliphatic rings. The Morgan fingerprint density at radius 1 is 1.06 bits per heavy atom. The Balaban J connectivity index is 1.25. The normalized spacial score (nSPS) is 32.0. The number of nitrogens with zero attached hydrogens (tertiary/aromatic N) is 2. The Labute approximate surface area is 195 Å². The Morgan fingerprint density at radius 2 is 1.81 bits per heavy atom. The minimum Gasteiger partial charge on any atom is -0.338 e. The maximum Gasteiger partial charge on any atom is 0.225 e. The lowest BCUT2D eigenvalue weighted by Crippen LogP contribution is -2.44. The Bertz CT molecular complexity index is 809. The molecular formula is C29H44N2O. The third-order valence-corrected chi connectivity index (χ3v) is 9.66. The molecule has 3 heteroatoms. The lowest BCUT2D eigenvalue weighted by atomic mass is 9.73. The van der Waals surface area contributed by atoms with Crippen LogP contribution in [0.15, 0.2) is 24.3 Å². The number of hydrogen-bond donors (Lipinski definition) is 0. The van der Waals surface area contributed by atoms with Crippen LogP contribution in [0.1, 0.15) is 95.2 Å². The van der Waals surface area contributed by atoms with Crippen molar-refractivity contribution in [2.24, 2.45) is 23.7 Å². The van der Waals surface area contributed by atoms with Gasteiger partial charge in [-0.2, -0.15) is 0 Å². The molecule has 5 rings (SSSR count). The highest BCUT2D eigenvalue weighted by Gasteiger charge is 2.47. The number of benzene rings is 1. The molecule has 176 valence electrons. The van der Waals surface area contributed by atoms with Gasteiger partial charge in [0, 0.05) is 24.9 Å². The van der Waals surface area contributed by atoms with Crippen LogP contribution in [0.5, 0.6) is 0 Å². The van der Waals surface area contributed by atoms with Crippen molar-refractivity contribution in [3.05, 3.63) is 35.4 Å². The molecule has 0 radical (unpaired) electrons. The van der Waals surface area contributed by atoms with Gasteiger partial charge in [-0.25, -0.2) is 0 Å². The van der Waals surface area contributed by atoms with Crippen LogP contribution in [0.2, 0.25) is 0 Å². The van der Waals surface area contributed by atoms with Crippen LogP contribution in [0.3, 0.4) is 0 Å². The first-order valence-electron chi connectivity index (χ1n) is 13.5. The van der Waals surface area contributed by atoms with E-state index < -0.39 is 0 Å². The van der Waals surface area contributed by atoms with E-state index in [1.165, 1.54) is 88.5 Å². The van der Waals surface area contributed by atoms with E-state index in [-0.39, 0.29) is 23.3 Å². The number of likely N-dealkylation sites (tertiary alicyclic amines) is 1. The molecule has 3 fully saturated rings. The van der Waals surface area contributed by atoms with Crippen molar-refractivity contribution >= 4 is 5.91 Å². The smallest absolute Gasteiger partial charge is 0.225 e. The molecule has 1 amide bonds. The highest BCUT2D eigenvalue weighted by molar-refractivity contribution is 5.78. The molecule has 32 heavy (non-hydrogen) atoms. The zero-order valence-electron chi connectivity index (χ0n) is 20.7. The first kappa shape index (κ1) is 22.4. The molecule has 3 nitrogen and oxygen atoms in total. The predicted octanol–water partition coefficient (Wildman–Crippen LogP) is 6.19. The highest BCUT2D eigenvalue weighted by Crippen LogP contribution is 2.52. The van der Waals surface area contributed by atoms with Gasteiger partial charge in [0.25, 0.3) is 0 Å². The lowest BCUT2D eigenvalue weighted by Gasteiger charge is -2.42. The van der Waals surface area contributed by atoms with Crippen molar-refractivity contribution in [1.82, 2.24) is 9.80 Å². The van der Waals surface area contributed by atoms with Crippen molar-refractivity contribution in [3.63, 3.8) is 0 Å². The van der Waals surface area contributed by atoms with Gasteiger partial charge < -0.3 is 9.80 Å². The number of piperidine rings is 1. The standard InChI is InChI=1S/C29H44N2O/c1-21(2)28(32)30(3)27-19-29(26-10-5-4-9-25(26)27)13-15-31(16-14-29)20-24-12-11-22-7-6-8-23(17-22)18-24/h4-5,9-10,21-24,27H,6-8,11-20H2,1-3H3/t22-,23+,24+,27+/m1/s1. The monoisotopic (exact) mass is 436 g/mol. The van der Waals surface area contributed by atoms with Crippen LogP contribution < -0.4 is 0 Å². The second-order valence-electron chi connectivity index (χ2n) is 12.1. The van der Waals surface area contributed by atoms with Crippen molar-refractivity contribution in [3.8, 4) is 0 Å². The Morgan fingerprint density at radius 3 is 2.59 bits per heavy atom. The zero-order chi connectivity index (χ0) is 22.3. The summed E-state index contributed by atoms with van der Waals surface area (Å²) >= 11 is 0. The molecule has 1 aromatic carbocycles. The van der Waals surface area contributed by atoms with Crippen LogP contribution in [0.4, 0.5) is 0 Å². The molecular weight excluding hydrogens is 392 g/mol. The van der Waals surface area contributed by atoms with E-state index in [2.05, 4.69) is 29.2 Å². The van der Waals surface area contributed by atoms with Crippen LogP contribution in [0.25, 0.3) is 0 Å². The molecule has 0 unspecified atom stereocenters. The third kappa shape index (κ3) is 4.27. The van der Waals surface area contributed by atoms with Gasteiger partial charge in [0.2, 0.25) is 5.91 Å². The largest absolute Gasteiger partial charge is 0.338 e. The number of fused-ring (bicyclic) bond motifs is 4. The Kier molecular flexibility index (Phi) is 6.40. The van der Waals surface area contributed by atoms with Gasteiger partial charge in [0.1, 0.15) is 0 Å². The van der Waals surface area contributed by atoms with Crippen LogP contribution in [-0.4, -0.2) is 42.4 Å². The van der Waals surface area contributed by atoms with Gasteiger partial charge in [0.05, 0.1) is 6.04 Å². The summed E-state index contributed by atoms with van der Waals surface area (Å²) in [4.78, 5) is 17.7. The SMILES string of the molecule is CC(C)C(=O)N(C)[C@H]1CC2(CCN(C[C@H]3CC[C@H]4CCC[C@@H](C4)C3)CC2)c2ccccc21. The molecule has 1 heterocycles. The molecule has 2 bridgehead atoms. The topological polar surface area (TPSA) is 23.6 Å². The van der Waals surface area contributed by atoms with Crippen molar-refractivity contribution < 1.29 is 4.79 Å². The van der Waals surface area contributed by atoms with E-state index in [9.17, 15) is 4.79 Å². The first-order chi connectivity index (χ1) is 15.4. The molecule has 4 atom stereocenters. The molecule has 1 spiro atoms. The third-order valence-electron chi connectivity index (χ3n) is 9.66. The number of carbonyl (C=O) groups excluding carboxylic acids is 1. The second-order valence-corrected chi connectivity index (χ2v) is 12.1. The van der Waals surface area contributed by atoms with E-state index in [4.69, 9.17) is 0 Å². The number of amides is 1. The lowest BCUT2D eigenvalue weighted by molar-refractivity contribution is -0.135. The second kappa shape index (κ2) is 9.12. The fourth-order valence-electron chi connectivity index (χ4n) is 7.87. The summed E-state index contributed by atoms with van der Waals surface area (Å²) in [7, 11) is 2.03. The summed E-state index contributed by atoms with van der Waals surface area (Å²) in [6, 6.07) is 9.27. The van der Waals surface area contributed by atoms with E-state index >= 15 is 0 Å².